The SMILES string of the molecule is O=C1CC(OC(=O)/C=C/C(=O)OC2CNC(=O)C2)CN1. The molecule has 2 fully saturated rings. The zero-order valence-electron chi connectivity index (χ0n) is 10.6. The van der Waals surface area contributed by atoms with Crippen LogP contribution in [0.2, 0.25) is 0 Å². The fourth-order valence-corrected chi connectivity index (χ4v) is 1.87. The molecule has 0 saturated carbocycles. The topological polar surface area (TPSA) is 111 Å². The van der Waals surface area contributed by atoms with Crippen molar-refractivity contribution in [3.8, 4) is 0 Å². The third kappa shape index (κ3) is 4.08. The van der Waals surface area contributed by atoms with Crippen LogP contribution < -0.4 is 10.6 Å². The molecule has 2 N–H and O–H groups in total. The lowest BCUT2D eigenvalue weighted by Gasteiger charge is -2.08. The molecule has 8 nitrogen and oxygen atoms in total. The minimum absolute atomic E-state index is 0.125. The van der Waals surface area contributed by atoms with Crippen LogP contribution in [0.4, 0.5) is 0 Å². The highest BCUT2D eigenvalue weighted by Gasteiger charge is 2.25. The Morgan fingerprint density at radius 2 is 1.30 bits per heavy atom. The maximum Gasteiger partial charge on any atom is 0.331 e. The van der Waals surface area contributed by atoms with Gasteiger partial charge < -0.3 is 20.1 Å². The average molecular weight is 282 g/mol. The van der Waals surface area contributed by atoms with Crippen molar-refractivity contribution < 1.29 is 28.7 Å². The summed E-state index contributed by atoms with van der Waals surface area (Å²) in [5.74, 6) is -1.79. The van der Waals surface area contributed by atoms with Crippen LogP contribution in [0, 0.1) is 0 Å². The Hall–Kier alpha value is -2.38. The highest BCUT2D eigenvalue weighted by atomic mass is 16.6. The third-order valence-electron chi connectivity index (χ3n) is 2.80. The van der Waals surface area contributed by atoms with E-state index in [0.717, 1.165) is 12.2 Å². The molecule has 0 spiro atoms. The lowest BCUT2D eigenvalue weighted by atomic mass is 10.3. The van der Waals surface area contributed by atoms with Crippen LogP contribution in [0.3, 0.4) is 0 Å². The Bertz CT molecular complexity index is 431. The summed E-state index contributed by atoms with van der Waals surface area (Å²) < 4.78 is 9.87. The van der Waals surface area contributed by atoms with E-state index in [1.165, 1.54) is 0 Å². The summed E-state index contributed by atoms with van der Waals surface area (Å²) in [6, 6.07) is 0. The number of esters is 2. The zero-order valence-corrected chi connectivity index (χ0v) is 10.6. The lowest BCUT2D eigenvalue weighted by molar-refractivity contribution is -0.145. The minimum Gasteiger partial charge on any atom is -0.457 e. The molecule has 0 bridgehead atoms. The Balaban J connectivity index is 1.71. The summed E-state index contributed by atoms with van der Waals surface area (Å²) >= 11 is 0. The van der Waals surface area contributed by atoms with E-state index in [2.05, 4.69) is 10.6 Å². The van der Waals surface area contributed by atoms with Crippen molar-refractivity contribution in [2.45, 2.75) is 25.0 Å². The molecule has 0 aromatic rings. The number of amides is 2. The Kier molecular flexibility index (Phi) is 4.34. The third-order valence-corrected chi connectivity index (χ3v) is 2.80. The largest absolute Gasteiger partial charge is 0.457 e. The van der Waals surface area contributed by atoms with Gasteiger partial charge in [0.25, 0.3) is 0 Å². The van der Waals surface area contributed by atoms with Gasteiger partial charge in [-0.25, -0.2) is 9.59 Å². The predicted octanol–water partition coefficient (Wildman–Crippen LogP) is -1.59. The molecule has 2 amide bonds. The summed E-state index contributed by atoms with van der Waals surface area (Å²) in [5.41, 5.74) is 0. The van der Waals surface area contributed by atoms with Crippen molar-refractivity contribution in [3.63, 3.8) is 0 Å². The first-order chi connectivity index (χ1) is 9.52. The van der Waals surface area contributed by atoms with Crippen LogP contribution in [0.15, 0.2) is 12.2 Å². The van der Waals surface area contributed by atoms with Crippen LogP contribution >= 0.6 is 0 Å². The molecule has 2 unspecified atom stereocenters. The first-order valence-electron chi connectivity index (χ1n) is 6.15. The van der Waals surface area contributed by atoms with Gasteiger partial charge in [0, 0.05) is 12.2 Å². The van der Waals surface area contributed by atoms with E-state index in [4.69, 9.17) is 9.47 Å². The summed E-state index contributed by atoms with van der Waals surface area (Å²) in [4.78, 5) is 44.5. The second-order valence-electron chi connectivity index (χ2n) is 4.47. The summed E-state index contributed by atoms with van der Waals surface area (Å²) in [5, 5.41) is 5.04. The summed E-state index contributed by atoms with van der Waals surface area (Å²) in [7, 11) is 0. The second-order valence-corrected chi connectivity index (χ2v) is 4.47. The molecule has 2 heterocycles. The molecular formula is C12H14N2O6. The second kappa shape index (κ2) is 6.18. The number of hydrogen-bond donors (Lipinski definition) is 2. The zero-order chi connectivity index (χ0) is 14.5. The fourth-order valence-electron chi connectivity index (χ4n) is 1.87. The van der Waals surface area contributed by atoms with E-state index in [0.29, 0.717) is 0 Å². The van der Waals surface area contributed by atoms with Crippen molar-refractivity contribution in [1.29, 1.82) is 0 Å². The molecule has 2 rings (SSSR count). The van der Waals surface area contributed by atoms with Crippen LogP contribution in [-0.4, -0.2) is 49.1 Å². The fraction of sp³-hybridized carbons (Fsp3) is 0.500. The Morgan fingerprint density at radius 3 is 1.60 bits per heavy atom. The Labute approximate surface area is 114 Å². The van der Waals surface area contributed by atoms with Gasteiger partial charge in [0.1, 0.15) is 12.2 Å². The van der Waals surface area contributed by atoms with E-state index in [1.807, 2.05) is 0 Å². The maximum absolute atomic E-state index is 11.4. The highest BCUT2D eigenvalue weighted by Crippen LogP contribution is 2.06. The first-order valence-corrected chi connectivity index (χ1v) is 6.15. The number of ether oxygens (including phenoxy) is 2. The molecule has 8 heteroatoms. The molecule has 0 aromatic heterocycles. The molecule has 2 aliphatic heterocycles. The van der Waals surface area contributed by atoms with Crippen LogP contribution in [-0.2, 0) is 28.7 Å². The minimum atomic E-state index is -0.718. The van der Waals surface area contributed by atoms with Crippen LogP contribution in [0.25, 0.3) is 0 Å². The molecule has 2 atom stereocenters. The van der Waals surface area contributed by atoms with Gasteiger partial charge in [-0.15, -0.1) is 0 Å². The van der Waals surface area contributed by atoms with E-state index in [9.17, 15) is 19.2 Å². The van der Waals surface area contributed by atoms with Gasteiger partial charge >= 0.3 is 11.9 Å². The molecule has 2 saturated heterocycles. The van der Waals surface area contributed by atoms with E-state index in [-0.39, 0.29) is 37.7 Å². The lowest BCUT2D eigenvalue weighted by Crippen LogP contribution is -2.21. The van der Waals surface area contributed by atoms with E-state index < -0.39 is 24.1 Å². The van der Waals surface area contributed by atoms with Gasteiger partial charge in [0.2, 0.25) is 11.8 Å². The summed E-state index contributed by atoms with van der Waals surface area (Å²) in [6.45, 7) is 0.553. The smallest absolute Gasteiger partial charge is 0.331 e. The molecule has 0 aromatic carbocycles. The van der Waals surface area contributed by atoms with Crippen molar-refractivity contribution in [3.05, 3.63) is 12.2 Å². The van der Waals surface area contributed by atoms with Gasteiger partial charge in [0.15, 0.2) is 0 Å². The van der Waals surface area contributed by atoms with Gasteiger partial charge in [-0.2, -0.15) is 0 Å². The molecule has 0 radical (unpaired) electrons. The molecule has 2 aliphatic rings. The average Bonchev–Trinajstić information content (AvgIpc) is 2.96. The monoisotopic (exact) mass is 282 g/mol. The van der Waals surface area contributed by atoms with E-state index >= 15 is 0 Å². The molecular weight excluding hydrogens is 268 g/mol. The number of nitrogens with one attached hydrogen (secondary N) is 2. The normalized spacial score (nSPS) is 25.4. The number of carbonyl (C=O) groups is 4. The van der Waals surface area contributed by atoms with Crippen molar-refractivity contribution in [2.75, 3.05) is 13.1 Å². The van der Waals surface area contributed by atoms with Gasteiger partial charge in [-0.05, 0) is 0 Å². The standard InChI is InChI=1S/C12H14N2O6/c15-9-3-7(5-13-9)19-11(17)1-2-12(18)20-8-4-10(16)14-6-8/h1-2,7-8H,3-6H2,(H,13,15)(H,14,16)/b2-1+. The number of carbonyl (C=O) groups excluding carboxylic acids is 4. The van der Waals surface area contributed by atoms with Gasteiger partial charge in [0.05, 0.1) is 25.9 Å². The van der Waals surface area contributed by atoms with Gasteiger partial charge in [-0.1, -0.05) is 0 Å². The quantitative estimate of drug-likeness (QED) is 0.475. The van der Waals surface area contributed by atoms with E-state index in [1.54, 1.807) is 0 Å². The van der Waals surface area contributed by atoms with Gasteiger partial charge in [-0.3, -0.25) is 9.59 Å². The van der Waals surface area contributed by atoms with Crippen LogP contribution in [0.1, 0.15) is 12.8 Å². The first kappa shape index (κ1) is 14.0. The molecule has 0 aliphatic carbocycles. The predicted molar refractivity (Wildman–Crippen MR) is 64.2 cm³/mol. The Morgan fingerprint density at radius 1 is 0.900 bits per heavy atom. The maximum atomic E-state index is 11.4. The van der Waals surface area contributed by atoms with Crippen molar-refractivity contribution in [2.24, 2.45) is 0 Å². The number of hydrogen-bond acceptors (Lipinski definition) is 6. The molecule has 20 heavy (non-hydrogen) atoms. The van der Waals surface area contributed by atoms with Crippen LogP contribution in [0.5, 0.6) is 0 Å². The summed E-state index contributed by atoms with van der Waals surface area (Å²) in [6.07, 6.45) is 1.12. The highest BCUT2D eigenvalue weighted by molar-refractivity contribution is 5.92. The van der Waals surface area contributed by atoms with Crippen molar-refractivity contribution >= 4 is 23.8 Å². The number of rotatable bonds is 4. The van der Waals surface area contributed by atoms with Crippen molar-refractivity contribution in [1.82, 2.24) is 10.6 Å². The molecule has 108 valence electrons.